The molecule has 0 aromatic heterocycles. The molecule has 1 heterocycles. The highest BCUT2D eigenvalue weighted by Gasteiger charge is 2.23. The van der Waals surface area contributed by atoms with Crippen molar-refractivity contribution in [3.63, 3.8) is 0 Å². The first-order valence-corrected chi connectivity index (χ1v) is 6.94. The van der Waals surface area contributed by atoms with E-state index in [4.69, 9.17) is 5.26 Å². The van der Waals surface area contributed by atoms with Gasteiger partial charge in [0.1, 0.15) is 0 Å². The van der Waals surface area contributed by atoms with Crippen molar-refractivity contribution < 1.29 is 0 Å². The lowest BCUT2D eigenvalue weighted by molar-refractivity contribution is 0.529. The van der Waals surface area contributed by atoms with Crippen LogP contribution in [-0.4, -0.2) is 12.5 Å². The van der Waals surface area contributed by atoms with Gasteiger partial charge in [-0.3, -0.25) is 0 Å². The zero-order chi connectivity index (χ0) is 11.2. The Morgan fingerprint density at radius 2 is 1.94 bits per heavy atom. The first-order valence-electron chi connectivity index (χ1n) is 5.96. The van der Waals surface area contributed by atoms with Gasteiger partial charge in [-0.2, -0.15) is 0 Å². The third kappa shape index (κ3) is 3.32. The molecule has 1 aliphatic heterocycles. The highest BCUT2D eigenvalue weighted by Crippen LogP contribution is 2.30. The van der Waals surface area contributed by atoms with Crippen LogP contribution in [-0.2, 0) is 0 Å². The van der Waals surface area contributed by atoms with E-state index < -0.39 is 0 Å². The number of nitrogens with zero attached hydrogens (tertiary/aromatic N) is 1. The summed E-state index contributed by atoms with van der Waals surface area (Å²) in [6, 6.07) is 10.6. The van der Waals surface area contributed by atoms with Gasteiger partial charge in [-0.05, 0) is 18.1 Å². The zero-order valence-corrected chi connectivity index (χ0v) is 10.2. The monoisotopic (exact) mass is 229 g/mol. The van der Waals surface area contributed by atoms with Gasteiger partial charge in [-0.15, -0.1) is 11.8 Å². The Labute approximate surface area is 102 Å². The van der Waals surface area contributed by atoms with E-state index in [9.17, 15) is 0 Å². The Balaban J connectivity index is 1.74. The lowest BCUT2D eigenvalue weighted by Crippen LogP contribution is -2.21. The third-order valence-electron chi connectivity index (χ3n) is 3.26. The SMILES string of the molecule is N#CB1CCC(CSc2ccccc2)CC1. The van der Waals surface area contributed by atoms with Crippen molar-refractivity contribution in [1.29, 1.82) is 5.26 Å². The molecule has 1 fully saturated rings. The van der Waals surface area contributed by atoms with Crippen LogP contribution in [0.3, 0.4) is 0 Å². The molecule has 1 aliphatic rings. The average molecular weight is 229 g/mol. The summed E-state index contributed by atoms with van der Waals surface area (Å²) in [5.41, 5.74) is 0. The van der Waals surface area contributed by atoms with Crippen LogP contribution < -0.4 is 0 Å². The summed E-state index contributed by atoms with van der Waals surface area (Å²) in [4.78, 5) is 1.37. The fourth-order valence-corrected chi connectivity index (χ4v) is 3.30. The molecular formula is C13H16BNS. The van der Waals surface area contributed by atoms with E-state index in [1.807, 2.05) is 11.8 Å². The van der Waals surface area contributed by atoms with Gasteiger partial charge in [0.25, 0.3) is 6.71 Å². The van der Waals surface area contributed by atoms with Gasteiger partial charge >= 0.3 is 0 Å². The molecule has 0 unspecified atom stereocenters. The largest absolute Gasteiger partial charge is 0.267 e. The number of nitriles is 1. The molecule has 1 saturated heterocycles. The van der Waals surface area contributed by atoms with Crippen molar-refractivity contribution in [2.24, 2.45) is 5.92 Å². The van der Waals surface area contributed by atoms with Gasteiger partial charge in [0.15, 0.2) is 0 Å². The van der Waals surface area contributed by atoms with E-state index in [0.29, 0.717) is 6.71 Å². The standard InChI is InChI=1S/C13H16BNS/c15-11-14-8-6-12(7-9-14)10-16-13-4-2-1-3-5-13/h1-5,12H,6-10H2. The van der Waals surface area contributed by atoms with Crippen LogP contribution in [0.1, 0.15) is 12.8 Å². The molecule has 16 heavy (non-hydrogen) atoms. The molecule has 0 N–H and O–H groups in total. The predicted molar refractivity (Wildman–Crippen MR) is 70.9 cm³/mol. The molecule has 0 amide bonds. The lowest BCUT2D eigenvalue weighted by Gasteiger charge is -2.22. The summed E-state index contributed by atoms with van der Waals surface area (Å²) in [5, 5.41) is 8.83. The fraction of sp³-hybridized carbons (Fsp3) is 0.462. The van der Waals surface area contributed by atoms with Crippen LogP contribution >= 0.6 is 11.8 Å². The molecule has 0 bridgehead atoms. The second-order valence-corrected chi connectivity index (χ2v) is 5.56. The molecule has 1 nitrogen and oxygen atoms in total. The van der Waals surface area contributed by atoms with Crippen LogP contribution in [0.25, 0.3) is 0 Å². The average Bonchev–Trinajstić information content (AvgIpc) is 2.38. The van der Waals surface area contributed by atoms with Crippen molar-refractivity contribution in [1.82, 2.24) is 0 Å². The number of thioether (sulfide) groups is 1. The lowest BCUT2D eigenvalue weighted by atomic mass is 9.42. The molecule has 0 aliphatic carbocycles. The van der Waals surface area contributed by atoms with E-state index >= 15 is 0 Å². The van der Waals surface area contributed by atoms with Crippen LogP contribution in [0, 0.1) is 17.1 Å². The number of hydrogen-bond acceptors (Lipinski definition) is 2. The fourth-order valence-electron chi connectivity index (χ4n) is 2.19. The molecule has 0 atom stereocenters. The Hall–Kier alpha value is -0.875. The molecule has 0 radical (unpaired) electrons. The minimum absolute atomic E-state index is 0.331. The van der Waals surface area contributed by atoms with Crippen LogP contribution in [0.5, 0.6) is 0 Å². The molecule has 3 heteroatoms. The molecule has 2 rings (SSSR count). The first kappa shape index (κ1) is 11.6. The molecule has 82 valence electrons. The Morgan fingerprint density at radius 3 is 2.56 bits per heavy atom. The normalized spacial score (nSPS) is 17.1. The third-order valence-corrected chi connectivity index (χ3v) is 4.50. The molecular weight excluding hydrogens is 213 g/mol. The minimum Gasteiger partial charge on any atom is -0.213 e. The van der Waals surface area contributed by atoms with Crippen LogP contribution in [0.2, 0.25) is 12.6 Å². The van der Waals surface area contributed by atoms with E-state index in [-0.39, 0.29) is 0 Å². The van der Waals surface area contributed by atoms with Crippen molar-refractivity contribution in [3.05, 3.63) is 30.3 Å². The maximum Gasteiger partial charge on any atom is 0.267 e. The summed E-state index contributed by atoms with van der Waals surface area (Å²) in [7, 11) is 0. The van der Waals surface area contributed by atoms with Crippen molar-refractivity contribution in [3.8, 4) is 5.97 Å². The maximum absolute atomic E-state index is 8.83. The van der Waals surface area contributed by atoms with Crippen molar-refractivity contribution in [2.75, 3.05) is 5.75 Å². The van der Waals surface area contributed by atoms with Crippen LogP contribution in [0.15, 0.2) is 35.2 Å². The summed E-state index contributed by atoms with van der Waals surface area (Å²) in [5.74, 6) is 4.42. The molecule has 1 aromatic rings. The first-order chi connectivity index (χ1) is 7.88. The van der Waals surface area contributed by atoms with Gasteiger partial charge < -0.3 is 0 Å². The van der Waals surface area contributed by atoms with Crippen LogP contribution in [0.4, 0.5) is 0 Å². The summed E-state index contributed by atoms with van der Waals surface area (Å²) < 4.78 is 0. The molecule has 0 saturated carbocycles. The quantitative estimate of drug-likeness (QED) is 0.582. The Morgan fingerprint density at radius 1 is 1.25 bits per heavy atom. The van der Waals surface area contributed by atoms with E-state index in [1.54, 1.807) is 0 Å². The Kier molecular flexibility index (Phi) is 4.36. The van der Waals surface area contributed by atoms with Gasteiger partial charge in [-0.1, -0.05) is 43.7 Å². The van der Waals surface area contributed by atoms with E-state index in [2.05, 4.69) is 36.3 Å². The minimum atomic E-state index is 0.331. The molecule has 0 spiro atoms. The smallest absolute Gasteiger partial charge is 0.213 e. The number of rotatable bonds is 3. The zero-order valence-electron chi connectivity index (χ0n) is 9.43. The number of hydrogen-bond donors (Lipinski definition) is 0. The summed E-state index contributed by atoms with van der Waals surface area (Å²) in [6.45, 7) is 0.331. The van der Waals surface area contributed by atoms with Gasteiger partial charge in [0.05, 0.1) is 0 Å². The topological polar surface area (TPSA) is 23.8 Å². The van der Waals surface area contributed by atoms with Gasteiger partial charge in [0.2, 0.25) is 0 Å². The highest BCUT2D eigenvalue weighted by atomic mass is 32.2. The van der Waals surface area contributed by atoms with Gasteiger partial charge in [0, 0.05) is 16.6 Å². The molecule has 1 aromatic carbocycles. The number of benzene rings is 1. The Bertz CT molecular complexity index is 352. The van der Waals surface area contributed by atoms with Crippen molar-refractivity contribution >= 4 is 18.5 Å². The van der Waals surface area contributed by atoms with E-state index in [1.165, 1.54) is 23.5 Å². The summed E-state index contributed by atoms with van der Waals surface area (Å²) >= 11 is 1.95. The second kappa shape index (κ2) is 6.01. The maximum atomic E-state index is 8.83. The van der Waals surface area contributed by atoms with Crippen molar-refractivity contribution in [2.45, 2.75) is 30.4 Å². The predicted octanol–water partition coefficient (Wildman–Crippen LogP) is 3.75. The highest BCUT2D eigenvalue weighted by molar-refractivity contribution is 7.99. The second-order valence-electron chi connectivity index (χ2n) is 4.47. The van der Waals surface area contributed by atoms with E-state index in [0.717, 1.165) is 18.6 Å². The summed E-state index contributed by atoms with van der Waals surface area (Å²) in [6.07, 6.45) is 4.68. The van der Waals surface area contributed by atoms with Gasteiger partial charge in [-0.25, -0.2) is 5.26 Å².